The Morgan fingerprint density at radius 3 is 2.52 bits per heavy atom. The van der Waals surface area contributed by atoms with Gasteiger partial charge in [0.15, 0.2) is 0 Å². The lowest BCUT2D eigenvalue weighted by molar-refractivity contribution is 0.0936. The zero-order valence-electron chi connectivity index (χ0n) is 13.4. The number of halogens is 1. The van der Waals surface area contributed by atoms with Crippen LogP contribution in [0.25, 0.3) is 11.1 Å². The predicted octanol–water partition coefficient (Wildman–Crippen LogP) is 3.20. The fourth-order valence-electron chi connectivity index (χ4n) is 2.84. The normalized spacial score (nSPS) is 17.3. The molecule has 4 heteroatoms. The summed E-state index contributed by atoms with van der Waals surface area (Å²) in [7, 11) is 0. The molecule has 1 aliphatic rings. The van der Waals surface area contributed by atoms with Crippen molar-refractivity contribution in [3.63, 3.8) is 0 Å². The van der Waals surface area contributed by atoms with Crippen LogP contribution in [-0.4, -0.2) is 25.0 Å². The molecule has 0 aliphatic carbocycles. The molecule has 1 saturated heterocycles. The molecular weight excluding hydrogens is 291 g/mol. The summed E-state index contributed by atoms with van der Waals surface area (Å²) < 4.78 is 14.4. The van der Waals surface area contributed by atoms with Crippen molar-refractivity contribution in [2.75, 3.05) is 13.1 Å². The molecule has 0 bridgehead atoms. The topological polar surface area (TPSA) is 41.1 Å². The van der Waals surface area contributed by atoms with Gasteiger partial charge in [-0.05, 0) is 61.2 Å². The minimum Gasteiger partial charge on any atom is -0.348 e. The Hall–Kier alpha value is -2.20. The van der Waals surface area contributed by atoms with Crippen LogP contribution in [0, 0.1) is 19.7 Å². The third-order valence-electron chi connectivity index (χ3n) is 4.45. The lowest BCUT2D eigenvalue weighted by Crippen LogP contribution is -2.36. The van der Waals surface area contributed by atoms with Gasteiger partial charge >= 0.3 is 0 Å². The maximum Gasteiger partial charge on any atom is 0.254 e. The molecule has 1 unspecified atom stereocenters. The van der Waals surface area contributed by atoms with E-state index in [1.165, 1.54) is 17.2 Å². The second-order valence-electron chi connectivity index (χ2n) is 6.16. The fraction of sp³-hybridized carbons (Fsp3) is 0.316. The quantitative estimate of drug-likeness (QED) is 0.914. The van der Waals surface area contributed by atoms with Crippen molar-refractivity contribution in [2.45, 2.75) is 26.3 Å². The first-order chi connectivity index (χ1) is 11.0. The van der Waals surface area contributed by atoms with Crippen molar-refractivity contribution >= 4 is 5.91 Å². The van der Waals surface area contributed by atoms with Crippen molar-refractivity contribution in [3.05, 3.63) is 58.9 Å². The third-order valence-corrected chi connectivity index (χ3v) is 4.45. The van der Waals surface area contributed by atoms with E-state index in [4.69, 9.17) is 0 Å². The van der Waals surface area contributed by atoms with Crippen LogP contribution >= 0.6 is 0 Å². The summed E-state index contributed by atoms with van der Waals surface area (Å²) >= 11 is 0. The highest BCUT2D eigenvalue weighted by Crippen LogP contribution is 2.24. The number of amides is 1. The Kier molecular flexibility index (Phi) is 4.44. The predicted molar refractivity (Wildman–Crippen MR) is 90.1 cm³/mol. The van der Waals surface area contributed by atoms with Gasteiger partial charge in [-0.1, -0.05) is 24.3 Å². The molecule has 23 heavy (non-hydrogen) atoms. The Labute approximate surface area is 135 Å². The van der Waals surface area contributed by atoms with Crippen molar-refractivity contribution in [1.29, 1.82) is 0 Å². The van der Waals surface area contributed by atoms with E-state index in [1.54, 1.807) is 12.1 Å². The summed E-state index contributed by atoms with van der Waals surface area (Å²) in [5.74, 6) is -0.827. The number of aryl methyl sites for hydroxylation is 2. The molecule has 1 atom stereocenters. The number of hydrogen-bond donors (Lipinski definition) is 2. The first kappa shape index (κ1) is 15.7. The van der Waals surface area contributed by atoms with E-state index in [2.05, 4.69) is 10.6 Å². The maximum atomic E-state index is 14.4. The van der Waals surface area contributed by atoms with Crippen LogP contribution in [0.15, 0.2) is 36.4 Å². The summed E-state index contributed by atoms with van der Waals surface area (Å²) in [5.41, 5.74) is 4.21. The number of hydrogen-bond acceptors (Lipinski definition) is 2. The minimum absolute atomic E-state index is 0.0846. The van der Waals surface area contributed by atoms with Crippen molar-refractivity contribution in [2.24, 2.45) is 0 Å². The largest absolute Gasteiger partial charge is 0.348 e. The lowest BCUT2D eigenvalue weighted by Gasteiger charge is -2.12. The molecule has 2 N–H and O–H groups in total. The molecule has 0 spiro atoms. The number of carbonyl (C=O) groups is 1. The summed E-state index contributed by atoms with van der Waals surface area (Å²) in [4.78, 5) is 12.2. The second-order valence-corrected chi connectivity index (χ2v) is 6.16. The highest BCUT2D eigenvalue weighted by atomic mass is 19.1. The number of benzene rings is 2. The van der Waals surface area contributed by atoms with Crippen LogP contribution in [0.4, 0.5) is 4.39 Å². The molecule has 0 saturated carbocycles. The summed E-state index contributed by atoms with van der Waals surface area (Å²) in [6, 6.07) is 10.9. The summed E-state index contributed by atoms with van der Waals surface area (Å²) in [5, 5.41) is 6.05. The van der Waals surface area contributed by atoms with E-state index in [9.17, 15) is 9.18 Å². The molecular formula is C19H21FN2O. The molecule has 0 radical (unpaired) electrons. The summed E-state index contributed by atoms with van der Waals surface area (Å²) in [6.07, 6.45) is 0.883. The van der Waals surface area contributed by atoms with E-state index in [1.807, 2.05) is 32.0 Å². The monoisotopic (exact) mass is 312 g/mol. The van der Waals surface area contributed by atoms with Gasteiger partial charge in [0, 0.05) is 12.6 Å². The van der Waals surface area contributed by atoms with Crippen molar-refractivity contribution in [3.8, 4) is 11.1 Å². The lowest BCUT2D eigenvalue weighted by atomic mass is 9.99. The summed E-state index contributed by atoms with van der Waals surface area (Å²) in [6.45, 7) is 5.71. The third kappa shape index (κ3) is 3.42. The Morgan fingerprint density at radius 1 is 1.13 bits per heavy atom. The van der Waals surface area contributed by atoms with Gasteiger partial charge in [-0.15, -0.1) is 0 Å². The molecule has 3 nitrogen and oxygen atoms in total. The number of nitrogens with one attached hydrogen (secondary N) is 2. The van der Waals surface area contributed by atoms with Gasteiger partial charge in [0.25, 0.3) is 5.91 Å². The number of rotatable bonds is 3. The smallest absolute Gasteiger partial charge is 0.254 e. The van der Waals surface area contributed by atoms with E-state index in [-0.39, 0.29) is 17.5 Å². The molecule has 1 heterocycles. The molecule has 1 amide bonds. The zero-order valence-corrected chi connectivity index (χ0v) is 13.4. The molecule has 1 fully saturated rings. The Morgan fingerprint density at radius 2 is 1.87 bits per heavy atom. The molecule has 2 aromatic rings. The average Bonchev–Trinajstić information content (AvgIpc) is 3.02. The first-order valence-electron chi connectivity index (χ1n) is 7.93. The molecule has 120 valence electrons. The van der Waals surface area contributed by atoms with Crippen LogP contribution in [-0.2, 0) is 0 Å². The van der Waals surface area contributed by atoms with Crippen molar-refractivity contribution < 1.29 is 9.18 Å². The van der Waals surface area contributed by atoms with E-state index in [0.29, 0.717) is 0 Å². The Bertz CT molecular complexity index is 736. The SMILES string of the molecule is Cc1ccc(-c2ccc(C(=O)NC3CCNC3)c(F)c2)cc1C. The fourth-order valence-corrected chi connectivity index (χ4v) is 2.84. The van der Waals surface area contributed by atoms with Crippen LogP contribution in [0.1, 0.15) is 27.9 Å². The van der Waals surface area contributed by atoms with Gasteiger partial charge in [0.1, 0.15) is 5.82 Å². The van der Waals surface area contributed by atoms with Gasteiger partial charge in [-0.3, -0.25) is 4.79 Å². The van der Waals surface area contributed by atoms with E-state index >= 15 is 0 Å². The second kappa shape index (κ2) is 6.50. The number of carbonyl (C=O) groups excluding carboxylic acids is 1. The van der Waals surface area contributed by atoms with Crippen LogP contribution in [0.3, 0.4) is 0 Å². The molecule has 0 aromatic heterocycles. The van der Waals surface area contributed by atoms with Gasteiger partial charge in [0.2, 0.25) is 0 Å². The average molecular weight is 312 g/mol. The van der Waals surface area contributed by atoms with Gasteiger partial charge in [-0.25, -0.2) is 4.39 Å². The van der Waals surface area contributed by atoms with E-state index in [0.717, 1.165) is 30.6 Å². The molecule has 3 rings (SSSR count). The Balaban J connectivity index is 1.82. The molecule has 1 aliphatic heterocycles. The van der Waals surface area contributed by atoms with Gasteiger partial charge in [-0.2, -0.15) is 0 Å². The minimum atomic E-state index is -0.482. The van der Waals surface area contributed by atoms with Crippen LogP contribution < -0.4 is 10.6 Å². The van der Waals surface area contributed by atoms with Gasteiger partial charge < -0.3 is 10.6 Å². The first-order valence-corrected chi connectivity index (χ1v) is 7.93. The zero-order chi connectivity index (χ0) is 16.4. The highest BCUT2D eigenvalue weighted by Gasteiger charge is 2.19. The van der Waals surface area contributed by atoms with E-state index < -0.39 is 5.82 Å². The highest BCUT2D eigenvalue weighted by molar-refractivity contribution is 5.95. The maximum absolute atomic E-state index is 14.4. The van der Waals surface area contributed by atoms with Crippen molar-refractivity contribution in [1.82, 2.24) is 10.6 Å². The van der Waals surface area contributed by atoms with Crippen LogP contribution in [0.5, 0.6) is 0 Å². The standard InChI is InChI=1S/C19H21FN2O/c1-12-3-4-14(9-13(12)2)15-5-6-17(18(20)10-15)19(23)22-16-7-8-21-11-16/h3-6,9-10,16,21H,7-8,11H2,1-2H3,(H,22,23). The molecule has 2 aromatic carbocycles. The van der Waals surface area contributed by atoms with Gasteiger partial charge in [0.05, 0.1) is 5.56 Å². The van der Waals surface area contributed by atoms with Crippen LogP contribution in [0.2, 0.25) is 0 Å².